The number of hydrogen-bond donors (Lipinski definition) is 4. The van der Waals surface area contributed by atoms with E-state index in [4.69, 9.17) is 9.52 Å². The van der Waals surface area contributed by atoms with Gasteiger partial charge in [0.05, 0.1) is 11.3 Å². The van der Waals surface area contributed by atoms with Crippen LogP contribution in [0, 0.1) is 10.6 Å². The molecule has 36 heavy (non-hydrogen) atoms. The molecule has 2 aromatic rings. The van der Waals surface area contributed by atoms with E-state index in [1.807, 2.05) is 44.2 Å². The predicted octanol–water partition coefficient (Wildman–Crippen LogP) is 3.99. The molecule has 2 heterocycles. The van der Waals surface area contributed by atoms with Crippen LogP contribution in [0.1, 0.15) is 37.0 Å². The molecule has 8 nitrogen and oxygen atoms in total. The van der Waals surface area contributed by atoms with Crippen LogP contribution < -0.4 is 10.6 Å². The molecular weight excluding hydrogens is 485 g/mol. The van der Waals surface area contributed by atoms with Gasteiger partial charge in [0.1, 0.15) is 23.2 Å². The van der Waals surface area contributed by atoms with Gasteiger partial charge < -0.3 is 20.5 Å². The minimum atomic E-state index is -2.76. The number of carbonyl (C=O) groups is 2. The topological polar surface area (TPSA) is 129 Å². The number of allylic oxidation sites excluding steroid dienone is 1. The van der Waals surface area contributed by atoms with Crippen LogP contribution in [-0.4, -0.2) is 44.8 Å². The van der Waals surface area contributed by atoms with Gasteiger partial charge in [0.25, 0.3) is 5.91 Å². The molecule has 0 saturated heterocycles. The number of amides is 1. The summed E-state index contributed by atoms with van der Waals surface area (Å²) in [4.78, 5) is 24.1. The van der Waals surface area contributed by atoms with Crippen molar-refractivity contribution in [2.45, 2.75) is 38.5 Å². The first-order chi connectivity index (χ1) is 16.8. The number of nitrogens with one attached hydrogen (secondary N) is 3. The molecule has 2 aliphatic rings. The number of carboxylic acids is 1. The van der Waals surface area contributed by atoms with E-state index in [9.17, 15) is 23.3 Å². The molecule has 2 aromatic carbocycles. The molecule has 1 amide bonds. The molecule has 4 rings (SSSR count). The number of aliphatic carboxylic acids is 1. The quantitative estimate of drug-likeness (QED) is 0.395. The Bertz CT molecular complexity index is 1400. The van der Waals surface area contributed by atoms with Crippen molar-refractivity contribution in [2.24, 2.45) is 0 Å². The predicted molar refractivity (Wildman–Crippen MR) is 136 cm³/mol. The van der Waals surface area contributed by atoms with Crippen molar-refractivity contribution in [1.29, 1.82) is 4.78 Å². The Balaban J connectivity index is 1.54. The number of halogens is 1. The van der Waals surface area contributed by atoms with Crippen molar-refractivity contribution >= 4 is 38.4 Å². The number of carboxylic acid groups (broad SMARTS) is 1. The van der Waals surface area contributed by atoms with Gasteiger partial charge in [-0.25, -0.2) is 4.39 Å². The summed E-state index contributed by atoms with van der Waals surface area (Å²) in [6.07, 6.45) is 3.22. The third kappa shape index (κ3) is 5.50. The number of ether oxygens (including phenoxy) is 1. The molecule has 2 aliphatic heterocycles. The maximum atomic E-state index is 13.6. The Morgan fingerprint density at radius 3 is 2.58 bits per heavy atom. The Hall–Kier alpha value is -3.50. The van der Waals surface area contributed by atoms with Crippen LogP contribution in [0.4, 0.5) is 10.1 Å². The lowest BCUT2D eigenvalue weighted by atomic mass is 9.91. The van der Waals surface area contributed by atoms with E-state index < -0.39 is 33.2 Å². The fourth-order valence-electron chi connectivity index (χ4n) is 4.31. The largest absolute Gasteiger partial charge is 0.482 e. The molecule has 2 atom stereocenters. The summed E-state index contributed by atoms with van der Waals surface area (Å²) in [5.74, 6) is -1.41. The maximum Gasteiger partial charge on any atom is 0.320 e. The van der Waals surface area contributed by atoms with Crippen LogP contribution in [0.5, 0.6) is 0 Å². The van der Waals surface area contributed by atoms with Gasteiger partial charge in [0.2, 0.25) is 0 Å². The molecule has 0 aliphatic carbocycles. The molecule has 0 aromatic heterocycles. The smallest absolute Gasteiger partial charge is 0.320 e. The summed E-state index contributed by atoms with van der Waals surface area (Å²) in [6, 6.07) is 10.8. The van der Waals surface area contributed by atoms with Gasteiger partial charge in [-0.15, -0.1) is 0 Å². The highest BCUT2D eigenvalue weighted by molar-refractivity contribution is 7.91. The molecular formula is C26H28FN3O5S. The highest BCUT2D eigenvalue weighted by atomic mass is 32.2. The summed E-state index contributed by atoms with van der Waals surface area (Å²) in [5, 5.41) is 15.0. The zero-order valence-corrected chi connectivity index (χ0v) is 21.0. The summed E-state index contributed by atoms with van der Waals surface area (Å²) in [5.41, 5.74) is 3.24. The van der Waals surface area contributed by atoms with Gasteiger partial charge in [-0.1, -0.05) is 24.3 Å². The third-order valence-electron chi connectivity index (χ3n) is 6.17. The van der Waals surface area contributed by atoms with Crippen LogP contribution in [0.2, 0.25) is 0 Å². The average Bonchev–Trinajstić information content (AvgIpc) is 3.27. The fourth-order valence-corrected chi connectivity index (χ4v) is 4.99. The van der Waals surface area contributed by atoms with Crippen LogP contribution in [-0.2, 0) is 30.6 Å². The van der Waals surface area contributed by atoms with Crippen molar-refractivity contribution in [3.8, 4) is 0 Å². The minimum absolute atomic E-state index is 0.00835. The minimum Gasteiger partial charge on any atom is -0.482 e. The van der Waals surface area contributed by atoms with E-state index in [-0.39, 0.29) is 18.1 Å². The monoisotopic (exact) mass is 513 g/mol. The van der Waals surface area contributed by atoms with Gasteiger partial charge in [-0.2, -0.15) is 0 Å². The van der Waals surface area contributed by atoms with Crippen LogP contribution in [0.3, 0.4) is 0 Å². The summed E-state index contributed by atoms with van der Waals surface area (Å²) >= 11 is 0. The molecule has 4 N–H and O–H groups in total. The number of carbonyl (C=O) groups excluding carboxylic acids is 1. The van der Waals surface area contributed by atoms with Crippen molar-refractivity contribution in [3.63, 3.8) is 0 Å². The number of rotatable bonds is 8. The second kappa shape index (κ2) is 9.51. The maximum absolute atomic E-state index is 13.6. The van der Waals surface area contributed by atoms with E-state index in [1.54, 1.807) is 6.07 Å². The Kier molecular flexibility index (Phi) is 6.76. The highest BCUT2D eigenvalue weighted by Gasteiger charge is 2.38. The Morgan fingerprint density at radius 2 is 1.94 bits per heavy atom. The highest BCUT2D eigenvalue weighted by Crippen LogP contribution is 2.44. The van der Waals surface area contributed by atoms with E-state index >= 15 is 0 Å². The molecule has 0 radical (unpaired) electrons. The average molecular weight is 514 g/mol. The third-order valence-corrected chi connectivity index (χ3v) is 7.19. The molecule has 10 heteroatoms. The number of hydrogen-bond acceptors (Lipinski definition) is 6. The molecule has 0 fully saturated rings. The second-order valence-electron chi connectivity index (χ2n) is 9.52. The van der Waals surface area contributed by atoms with Crippen molar-refractivity contribution in [2.75, 3.05) is 17.3 Å². The lowest BCUT2D eigenvalue weighted by molar-refractivity contribution is -0.139. The van der Waals surface area contributed by atoms with Crippen LogP contribution in [0.25, 0.3) is 11.1 Å². The first-order valence-corrected chi connectivity index (χ1v) is 13.5. The van der Waals surface area contributed by atoms with Crippen molar-refractivity contribution in [3.05, 3.63) is 76.8 Å². The Morgan fingerprint density at radius 1 is 1.25 bits per heavy atom. The first kappa shape index (κ1) is 25.6. The Labute approximate surface area is 209 Å². The van der Waals surface area contributed by atoms with Crippen LogP contribution >= 0.6 is 0 Å². The standard InChI is InChI=1S/C26H28FN3O5S/c1-26(2)19(13-22(35-26)23-18-9-8-17(27)12-21(18)30-24(23)31)16-6-4-15(5-7-16)14-29-20(25(32)33)10-11-36(3,28)34/h4-9,12-13,20,28-29H,10-11,14H2,1-3H3,(H,30,31)(H,32,33)/b23-22+. The van der Waals surface area contributed by atoms with Crippen LogP contribution in [0.15, 0.2) is 54.3 Å². The first-order valence-electron chi connectivity index (χ1n) is 11.4. The fraction of sp³-hybridized carbons (Fsp3) is 0.308. The van der Waals surface area contributed by atoms with E-state index in [1.165, 1.54) is 18.4 Å². The summed E-state index contributed by atoms with van der Waals surface area (Å²) in [7, 11) is -2.76. The molecule has 0 saturated carbocycles. The molecule has 0 bridgehead atoms. The normalized spacial score (nSPS) is 20.7. The SMILES string of the molecule is CC1(C)O/C(=C2/C(=O)Nc3cc(F)ccc32)C=C1c1ccc(CNC(CCS(C)(=N)=O)C(=O)O)cc1. The molecule has 190 valence electrons. The zero-order valence-electron chi connectivity index (χ0n) is 20.2. The number of benzene rings is 2. The summed E-state index contributed by atoms with van der Waals surface area (Å²) in [6.45, 7) is 4.09. The molecule has 2 unspecified atom stereocenters. The van der Waals surface area contributed by atoms with Crippen molar-refractivity contribution < 1.29 is 28.0 Å². The van der Waals surface area contributed by atoms with Gasteiger partial charge in [0, 0.05) is 39.4 Å². The van der Waals surface area contributed by atoms with Crippen molar-refractivity contribution in [1.82, 2.24) is 5.32 Å². The van der Waals surface area contributed by atoms with Gasteiger partial charge >= 0.3 is 5.97 Å². The second-order valence-corrected chi connectivity index (χ2v) is 11.9. The number of fused-ring (bicyclic) bond motifs is 1. The van der Waals surface area contributed by atoms with Gasteiger partial charge in [-0.3, -0.25) is 18.6 Å². The molecule has 0 spiro atoms. The van der Waals surface area contributed by atoms with Gasteiger partial charge in [-0.05, 0) is 55.7 Å². The summed E-state index contributed by atoms with van der Waals surface area (Å²) < 4.78 is 38.8. The van der Waals surface area contributed by atoms with Gasteiger partial charge in [0.15, 0.2) is 0 Å². The lowest BCUT2D eigenvalue weighted by Crippen LogP contribution is -2.37. The van der Waals surface area contributed by atoms with E-state index in [2.05, 4.69) is 10.6 Å². The van der Waals surface area contributed by atoms with E-state index in [0.717, 1.165) is 16.7 Å². The zero-order chi connectivity index (χ0) is 26.3. The number of anilines is 1. The lowest BCUT2D eigenvalue weighted by Gasteiger charge is -2.23. The van der Waals surface area contributed by atoms with E-state index in [0.29, 0.717) is 29.1 Å².